The van der Waals surface area contributed by atoms with Crippen LogP contribution in [0, 0.1) is 19.0 Å². The van der Waals surface area contributed by atoms with Gasteiger partial charge in [-0.3, -0.25) is 0 Å². The summed E-state index contributed by atoms with van der Waals surface area (Å²) >= 11 is 0. The van der Waals surface area contributed by atoms with E-state index in [1.807, 2.05) is 54.7 Å². The Labute approximate surface area is 280 Å². The van der Waals surface area contributed by atoms with Crippen LogP contribution in [-0.2, 0) is 20.1 Å². The summed E-state index contributed by atoms with van der Waals surface area (Å²) in [5.74, 6) is 1.29. The van der Waals surface area contributed by atoms with Gasteiger partial charge in [0.15, 0.2) is 0 Å². The first-order valence-corrected chi connectivity index (χ1v) is 14.5. The van der Waals surface area contributed by atoms with E-state index in [-0.39, 0.29) is 25.7 Å². The Hall–Kier alpha value is -4.83. The van der Waals surface area contributed by atoms with Crippen molar-refractivity contribution in [3.63, 3.8) is 0 Å². The van der Waals surface area contributed by atoms with Gasteiger partial charge < -0.3 is 18.8 Å². The Kier molecular flexibility index (Phi) is 7.69. The van der Waals surface area contributed by atoms with E-state index in [2.05, 4.69) is 78.4 Å². The average Bonchev–Trinajstić information content (AvgIpc) is 3.68. The third kappa shape index (κ3) is 6.23. The van der Waals surface area contributed by atoms with Gasteiger partial charge in [-0.05, 0) is 47.9 Å². The molecule has 8 aromatic rings. The maximum absolute atomic E-state index is 7.23. The van der Waals surface area contributed by atoms with Gasteiger partial charge >= 0.3 is 0 Å². The molecule has 0 atom stereocenters. The second kappa shape index (κ2) is 13.0. The molecule has 0 unspecified atom stereocenters. The van der Waals surface area contributed by atoms with E-state index in [1.54, 1.807) is 18.2 Å². The molecule has 0 saturated heterocycles. The normalized spacial score (nSPS) is 12.3. The van der Waals surface area contributed by atoms with Gasteiger partial charge in [-0.15, -0.1) is 54.1 Å². The number of pyridine rings is 2. The number of rotatable bonds is 4. The molecule has 0 amide bonds. The van der Waals surface area contributed by atoms with E-state index in [1.165, 1.54) is 11.8 Å². The van der Waals surface area contributed by atoms with Crippen LogP contribution in [0.5, 0.6) is 0 Å². The van der Waals surface area contributed by atoms with Gasteiger partial charge in [0.1, 0.15) is 16.9 Å². The number of hydrogen-bond acceptors (Lipinski definition) is 4. The van der Waals surface area contributed by atoms with E-state index in [0.717, 1.165) is 66.7 Å². The van der Waals surface area contributed by atoms with Crippen LogP contribution < -0.4 is 0 Å². The van der Waals surface area contributed by atoms with Crippen molar-refractivity contribution >= 4 is 32.9 Å². The number of nitrogens with zero attached hydrogens (tertiary/aromatic N) is 2. The number of benzene rings is 4. The molecule has 5 heteroatoms. The Bertz CT molecular complexity index is 2310. The van der Waals surface area contributed by atoms with Crippen LogP contribution in [0.25, 0.3) is 66.7 Å². The summed E-state index contributed by atoms with van der Waals surface area (Å²) in [6.07, 6.45) is 3.25. The van der Waals surface area contributed by atoms with Crippen LogP contribution in [0.15, 0.2) is 130 Å². The Morgan fingerprint density at radius 2 is 1.60 bits per heavy atom. The number of aryl methyl sites for hydroxylation is 1. The molecule has 4 aromatic heterocycles. The minimum Gasteiger partial charge on any atom is -0.500 e. The van der Waals surface area contributed by atoms with Crippen LogP contribution in [0.4, 0.5) is 0 Å². The Morgan fingerprint density at radius 1 is 0.733 bits per heavy atom. The van der Waals surface area contributed by atoms with Crippen LogP contribution in [0.3, 0.4) is 0 Å². The zero-order valence-corrected chi connectivity index (χ0v) is 27.1. The van der Waals surface area contributed by atoms with Gasteiger partial charge in [0.2, 0.25) is 0 Å². The standard InChI is InChI=1S/C28H20NO2.C12H10N.Ir/c1-17(2)19-11-12-29-24(14-19)22-10-6-9-21-23-13-20-15-25(18-7-4-3-5-8-18)30-26(20)16-27(23)31-28(21)22;1-10-7-8-12(13-9-10)11-5-3-2-4-6-11;/h3-9,11-17H,1-2H3;2-5,7-9H,1H3;/q2*-1;/i;1D3;. The molecule has 1 radical (unpaired) electrons. The first-order chi connectivity index (χ1) is 22.7. The Morgan fingerprint density at radius 3 is 2.36 bits per heavy atom. The fraction of sp³-hybridized carbons (Fsp3) is 0.100. The number of furan rings is 2. The first kappa shape index (κ1) is 26.6. The summed E-state index contributed by atoms with van der Waals surface area (Å²) in [6, 6.07) is 41.7. The zero-order chi connectivity index (χ0) is 32.5. The van der Waals surface area contributed by atoms with Crippen molar-refractivity contribution in [3.05, 3.63) is 145 Å². The molecule has 8 rings (SSSR count). The predicted molar refractivity (Wildman–Crippen MR) is 178 cm³/mol. The van der Waals surface area contributed by atoms with Gasteiger partial charge in [-0.1, -0.05) is 78.9 Å². The average molecular weight is 766 g/mol. The molecule has 0 aliphatic heterocycles. The molecule has 0 bridgehead atoms. The molecular weight excluding hydrogens is 733 g/mol. The molecule has 4 nitrogen and oxygen atoms in total. The predicted octanol–water partition coefficient (Wildman–Crippen LogP) is 10.8. The van der Waals surface area contributed by atoms with Gasteiger partial charge in [-0.2, -0.15) is 0 Å². The number of aromatic nitrogens is 2. The molecule has 0 N–H and O–H groups in total. The minimum atomic E-state index is -2.09. The summed E-state index contributed by atoms with van der Waals surface area (Å²) < 4.78 is 34.2. The van der Waals surface area contributed by atoms with Crippen molar-refractivity contribution in [2.24, 2.45) is 0 Å². The van der Waals surface area contributed by atoms with Crippen LogP contribution >= 0.6 is 0 Å². The fourth-order valence-electron chi connectivity index (χ4n) is 5.26. The maximum Gasteiger partial charge on any atom is 0.138 e. The maximum atomic E-state index is 7.23. The summed E-state index contributed by atoms with van der Waals surface area (Å²) in [4.78, 5) is 8.72. The van der Waals surface area contributed by atoms with Gasteiger partial charge in [0.05, 0.1) is 5.58 Å². The van der Waals surface area contributed by atoms with Crippen LogP contribution in [0.1, 0.15) is 35.0 Å². The third-order valence-corrected chi connectivity index (χ3v) is 7.58. The molecule has 45 heavy (non-hydrogen) atoms. The van der Waals surface area contributed by atoms with Gasteiger partial charge in [0, 0.05) is 59.0 Å². The smallest absolute Gasteiger partial charge is 0.138 e. The topological polar surface area (TPSA) is 52.1 Å². The molecule has 0 fully saturated rings. The monoisotopic (exact) mass is 766 g/mol. The van der Waals surface area contributed by atoms with Crippen molar-refractivity contribution in [2.75, 3.05) is 0 Å². The van der Waals surface area contributed by atoms with Crippen LogP contribution in [0.2, 0.25) is 0 Å². The molecule has 0 aliphatic rings. The SMILES string of the molecule is CC(C)c1ccnc(-c2[c-]ccc3c2oc2cc4oc(-c5ccccc5)cc4cc23)c1.[2H]C([2H])([2H])c1ccc(-c2[c-]cccc2)nc1.[Ir]. The molecule has 4 heterocycles. The number of hydrogen-bond donors (Lipinski definition) is 0. The molecule has 0 spiro atoms. The minimum absolute atomic E-state index is 0. The second-order valence-corrected chi connectivity index (χ2v) is 10.9. The van der Waals surface area contributed by atoms with E-state index in [0.29, 0.717) is 5.92 Å². The van der Waals surface area contributed by atoms with Crippen LogP contribution in [-0.4, -0.2) is 9.97 Å². The third-order valence-electron chi connectivity index (χ3n) is 7.58. The second-order valence-electron chi connectivity index (χ2n) is 10.9. The summed E-state index contributed by atoms with van der Waals surface area (Å²) in [5, 5.41) is 3.19. The molecular formula is C40H30IrN2O2-2. The van der Waals surface area contributed by atoms with E-state index >= 15 is 0 Å². The first-order valence-electron chi connectivity index (χ1n) is 16.0. The van der Waals surface area contributed by atoms with Crippen molar-refractivity contribution in [3.8, 4) is 33.8 Å². The molecule has 0 aliphatic carbocycles. The summed E-state index contributed by atoms with van der Waals surface area (Å²) in [7, 11) is 0. The van der Waals surface area contributed by atoms with E-state index in [9.17, 15) is 0 Å². The molecule has 0 saturated carbocycles. The van der Waals surface area contributed by atoms with Crippen molar-refractivity contribution in [1.82, 2.24) is 9.97 Å². The molecule has 223 valence electrons. The fourth-order valence-corrected chi connectivity index (χ4v) is 5.26. The van der Waals surface area contributed by atoms with Crippen molar-refractivity contribution < 1.29 is 33.1 Å². The van der Waals surface area contributed by atoms with Crippen molar-refractivity contribution in [2.45, 2.75) is 26.6 Å². The Balaban J connectivity index is 0.000000201. The van der Waals surface area contributed by atoms with Gasteiger partial charge in [-0.25, -0.2) is 0 Å². The van der Waals surface area contributed by atoms with Crippen molar-refractivity contribution in [1.29, 1.82) is 0 Å². The quantitative estimate of drug-likeness (QED) is 0.167. The molecule has 4 aromatic carbocycles. The number of fused-ring (bicyclic) bond motifs is 4. The summed E-state index contributed by atoms with van der Waals surface area (Å²) in [5.41, 5.74) is 8.35. The largest absolute Gasteiger partial charge is 0.500 e. The van der Waals surface area contributed by atoms with E-state index < -0.39 is 6.85 Å². The van der Waals surface area contributed by atoms with Gasteiger partial charge in [0.25, 0.3) is 0 Å². The summed E-state index contributed by atoms with van der Waals surface area (Å²) in [6.45, 7) is 2.28. The van der Waals surface area contributed by atoms with E-state index in [4.69, 9.17) is 12.9 Å². The zero-order valence-electron chi connectivity index (χ0n) is 27.7.